The van der Waals surface area contributed by atoms with Gasteiger partial charge in [0.05, 0.1) is 16.6 Å². The fourth-order valence-corrected chi connectivity index (χ4v) is 3.91. The second-order valence-electron chi connectivity index (χ2n) is 6.73. The molecule has 32 heavy (non-hydrogen) atoms. The Labute approximate surface area is 203 Å². The zero-order chi connectivity index (χ0) is 22.7. The summed E-state index contributed by atoms with van der Waals surface area (Å²) < 4.78 is 12.9. The number of carbonyl (C=O) groups is 1. The number of aromatic nitrogens is 2. The van der Waals surface area contributed by atoms with E-state index in [-0.39, 0.29) is 28.2 Å². The highest BCUT2D eigenvalue weighted by atomic mass is 35.5. The molecule has 1 amide bonds. The highest BCUT2D eigenvalue weighted by molar-refractivity contribution is 6.40. The van der Waals surface area contributed by atoms with Crippen molar-refractivity contribution < 1.29 is 13.9 Å². The summed E-state index contributed by atoms with van der Waals surface area (Å²) in [5.41, 5.74) is 1.03. The molecular formula is C22H15Cl4N3O3. The van der Waals surface area contributed by atoms with E-state index in [0.717, 1.165) is 5.56 Å². The molecule has 0 aliphatic rings. The van der Waals surface area contributed by atoms with Crippen LogP contribution in [0.4, 0.5) is 5.82 Å². The Morgan fingerprint density at radius 2 is 1.69 bits per heavy atom. The van der Waals surface area contributed by atoms with Crippen molar-refractivity contribution in [3.63, 3.8) is 0 Å². The molecule has 0 fully saturated rings. The first kappa shape index (κ1) is 22.6. The van der Waals surface area contributed by atoms with Gasteiger partial charge in [0, 0.05) is 22.3 Å². The van der Waals surface area contributed by atoms with Crippen LogP contribution in [0, 0.1) is 0 Å². The number of amides is 1. The molecule has 0 radical (unpaired) electrons. The van der Waals surface area contributed by atoms with E-state index in [2.05, 4.69) is 10.4 Å². The zero-order valence-corrected chi connectivity index (χ0v) is 19.3. The normalized spacial score (nSPS) is 10.9. The SMILES string of the molecule is O=C(Nc1ccn(Cc2ccc(Cl)cc2)n1)c1ccc(COc2c(Cl)cc(Cl)cc2Cl)o1. The van der Waals surface area contributed by atoms with Gasteiger partial charge in [0.2, 0.25) is 0 Å². The number of benzene rings is 2. The second-order valence-corrected chi connectivity index (χ2v) is 8.42. The summed E-state index contributed by atoms with van der Waals surface area (Å²) in [5.74, 6) is 0.787. The number of furan rings is 1. The summed E-state index contributed by atoms with van der Waals surface area (Å²) in [5, 5.41) is 8.68. The number of ether oxygens (including phenoxy) is 1. The van der Waals surface area contributed by atoms with Crippen LogP contribution in [0.25, 0.3) is 0 Å². The van der Waals surface area contributed by atoms with Crippen LogP contribution in [0.3, 0.4) is 0 Å². The third-order valence-electron chi connectivity index (χ3n) is 4.35. The van der Waals surface area contributed by atoms with Crippen LogP contribution in [-0.2, 0) is 13.2 Å². The molecule has 164 valence electrons. The maximum Gasteiger partial charge on any atom is 0.292 e. The van der Waals surface area contributed by atoms with Crippen LogP contribution in [0.5, 0.6) is 5.75 Å². The summed E-state index contributed by atoms with van der Waals surface area (Å²) in [7, 11) is 0. The van der Waals surface area contributed by atoms with Crippen LogP contribution < -0.4 is 10.1 Å². The standard InChI is InChI=1S/C22H15Cl4N3O3/c23-14-3-1-13(2-4-14)11-29-8-7-20(28-29)27-22(30)19-6-5-16(32-19)12-31-21-17(25)9-15(24)10-18(21)26/h1-10H,11-12H2,(H,27,28,30). The van der Waals surface area contributed by atoms with E-state index < -0.39 is 5.91 Å². The van der Waals surface area contributed by atoms with Gasteiger partial charge in [-0.3, -0.25) is 9.48 Å². The van der Waals surface area contributed by atoms with Crippen LogP contribution in [0.2, 0.25) is 20.1 Å². The molecule has 4 rings (SSSR count). The van der Waals surface area contributed by atoms with E-state index in [9.17, 15) is 4.79 Å². The van der Waals surface area contributed by atoms with Gasteiger partial charge in [-0.25, -0.2) is 0 Å². The van der Waals surface area contributed by atoms with Crippen molar-refractivity contribution in [1.82, 2.24) is 9.78 Å². The Bertz CT molecular complexity index is 1230. The Kier molecular flexibility index (Phi) is 6.96. The Morgan fingerprint density at radius 3 is 2.41 bits per heavy atom. The van der Waals surface area contributed by atoms with Crippen molar-refractivity contribution in [3.8, 4) is 5.75 Å². The van der Waals surface area contributed by atoms with Crippen molar-refractivity contribution in [2.24, 2.45) is 0 Å². The number of hydrogen-bond acceptors (Lipinski definition) is 4. The van der Waals surface area contributed by atoms with Gasteiger partial charge in [-0.2, -0.15) is 5.10 Å². The summed E-state index contributed by atoms with van der Waals surface area (Å²) >= 11 is 24.0. The molecule has 0 spiro atoms. The van der Waals surface area contributed by atoms with E-state index in [4.69, 9.17) is 55.6 Å². The molecule has 2 aromatic heterocycles. The van der Waals surface area contributed by atoms with Crippen LogP contribution in [0.15, 0.2) is 65.2 Å². The lowest BCUT2D eigenvalue weighted by Gasteiger charge is -2.09. The second kappa shape index (κ2) is 9.88. The van der Waals surface area contributed by atoms with Crippen molar-refractivity contribution >= 4 is 58.1 Å². The predicted octanol–water partition coefficient (Wildman–Crippen LogP) is 6.97. The number of halogens is 4. The minimum atomic E-state index is -0.435. The minimum absolute atomic E-state index is 0.0318. The van der Waals surface area contributed by atoms with E-state index in [1.165, 1.54) is 12.1 Å². The van der Waals surface area contributed by atoms with Crippen molar-refractivity contribution in [2.45, 2.75) is 13.2 Å². The lowest BCUT2D eigenvalue weighted by molar-refractivity contribution is 0.0992. The van der Waals surface area contributed by atoms with Gasteiger partial charge in [0.15, 0.2) is 17.3 Å². The quantitative estimate of drug-likeness (QED) is 0.291. The van der Waals surface area contributed by atoms with Gasteiger partial charge in [0.25, 0.3) is 5.91 Å². The number of rotatable bonds is 7. The van der Waals surface area contributed by atoms with Gasteiger partial charge < -0.3 is 14.5 Å². The van der Waals surface area contributed by atoms with Crippen LogP contribution in [-0.4, -0.2) is 15.7 Å². The van der Waals surface area contributed by atoms with Gasteiger partial charge in [-0.15, -0.1) is 0 Å². The number of nitrogens with one attached hydrogen (secondary N) is 1. The summed E-state index contributed by atoms with van der Waals surface area (Å²) in [4.78, 5) is 12.5. The first-order valence-corrected chi connectivity index (χ1v) is 10.8. The van der Waals surface area contributed by atoms with Gasteiger partial charge in [-0.1, -0.05) is 58.5 Å². The third kappa shape index (κ3) is 5.58. The van der Waals surface area contributed by atoms with Gasteiger partial charge in [-0.05, 0) is 42.0 Å². The molecule has 2 aromatic carbocycles. The van der Waals surface area contributed by atoms with E-state index in [1.54, 1.807) is 29.1 Å². The molecule has 0 unspecified atom stereocenters. The highest BCUT2D eigenvalue weighted by Gasteiger charge is 2.15. The molecular weight excluding hydrogens is 496 g/mol. The zero-order valence-electron chi connectivity index (χ0n) is 16.3. The molecule has 0 saturated carbocycles. The summed E-state index contributed by atoms with van der Waals surface area (Å²) in [6.07, 6.45) is 1.77. The largest absolute Gasteiger partial charge is 0.483 e. The number of anilines is 1. The average Bonchev–Trinajstić information content (AvgIpc) is 3.38. The topological polar surface area (TPSA) is 69.3 Å². The van der Waals surface area contributed by atoms with E-state index in [0.29, 0.717) is 28.2 Å². The third-order valence-corrected chi connectivity index (χ3v) is 5.38. The Morgan fingerprint density at radius 1 is 0.969 bits per heavy atom. The molecule has 1 N–H and O–H groups in total. The van der Waals surface area contributed by atoms with Crippen LogP contribution >= 0.6 is 46.4 Å². The van der Waals surface area contributed by atoms with Crippen molar-refractivity contribution in [2.75, 3.05) is 5.32 Å². The van der Waals surface area contributed by atoms with E-state index in [1.807, 2.05) is 24.3 Å². The number of carbonyl (C=O) groups excluding carboxylic acids is 1. The maximum atomic E-state index is 12.5. The van der Waals surface area contributed by atoms with Crippen LogP contribution in [0.1, 0.15) is 21.9 Å². The number of nitrogens with zero attached hydrogens (tertiary/aromatic N) is 2. The molecule has 0 aliphatic carbocycles. The maximum absolute atomic E-state index is 12.5. The van der Waals surface area contributed by atoms with Crippen molar-refractivity contribution in [1.29, 1.82) is 0 Å². The molecule has 4 aromatic rings. The molecule has 0 bridgehead atoms. The fourth-order valence-electron chi connectivity index (χ4n) is 2.86. The molecule has 10 heteroatoms. The van der Waals surface area contributed by atoms with Gasteiger partial charge in [0.1, 0.15) is 12.4 Å². The highest BCUT2D eigenvalue weighted by Crippen LogP contribution is 2.36. The average molecular weight is 511 g/mol. The molecule has 0 saturated heterocycles. The fraction of sp³-hybridized carbons (Fsp3) is 0.0909. The first-order chi connectivity index (χ1) is 15.4. The summed E-state index contributed by atoms with van der Waals surface area (Å²) in [6, 6.07) is 15.4. The minimum Gasteiger partial charge on any atom is -0.483 e. The lowest BCUT2D eigenvalue weighted by Crippen LogP contribution is -2.12. The first-order valence-electron chi connectivity index (χ1n) is 9.33. The molecule has 0 aliphatic heterocycles. The smallest absolute Gasteiger partial charge is 0.292 e. The Balaban J connectivity index is 1.35. The molecule has 0 atom stereocenters. The predicted molar refractivity (Wildman–Crippen MR) is 125 cm³/mol. The van der Waals surface area contributed by atoms with Crippen molar-refractivity contribution in [3.05, 3.63) is 98.0 Å². The molecule has 2 heterocycles. The number of hydrogen-bond donors (Lipinski definition) is 1. The molecule has 6 nitrogen and oxygen atoms in total. The summed E-state index contributed by atoms with van der Waals surface area (Å²) in [6.45, 7) is 0.579. The Hall–Kier alpha value is -2.64. The monoisotopic (exact) mass is 509 g/mol. The lowest BCUT2D eigenvalue weighted by atomic mass is 10.2. The van der Waals surface area contributed by atoms with E-state index >= 15 is 0 Å². The van der Waals surface area contributed by atoms with Gasteiger partial charge >= 0.3 is 0 Å².